The quantitative estimate of drug-likeness (QED) is 0.202. The third-order valence-corrected chi connectivity index (χ3v) is 8.27. The van der Waals surface area contributed by atoms with Gasteiger partial charge in [-0.15, -0.1) is 0 Å². The molecule has 4 nitrogen and oxygen atoms in total. The van der Waals surface area contributed by atoms with Gasteiger partial charge in [0.05, 0.1) is 11.3 Å². The molecular formula is C23H32O4Si2. The Balaban J connectivity index is 2.00. The van der Waals surface area contributed by atoms with Crippen molar-refractivity contribution in [1.29, 1.82) is 0 Å². The van der Waals surface area contributed by atoms with E-state index in [1.54, 1.807) is 6.92 Å². The van der Waals surface area contributed by atoms with Gasteiger partial charge in [0.15, 0.2) is 0 Å². The van der Waals surface area contributed by atoms with Gasteiger partial charge in [-0.1, -0.05) is 43.3 Å². The van der Waals surface area contributed by atoms with Crippen molar-refractivity contribution in [2.45, 2.75) is 54.4 Å². The van der Waals surface area contributed by atoms with E-state index < -0.39 is 25.5 Å². The molecule has 0 bridgehead atoms. The summed E-state index contributed by atoms with van der Waals surface area (Å²) < 4.78 is 11.5. The van der Waals surface area contributed by atoms with Gasteiger partial charge in [0.25, 0.3) is 19.5 Å². The molecule has 156 valence electrons. The molecule has 0 aliphatic carbocycles. The van der Waals surface area contributed by atoms with Crippen LogP contribution in [-0.4, -0.2) is 25.5 Å². The fourth-order valence-electron chi connectivity index (χ4n) is 3.02. The topological polar surface area (TPSA) is 44.8 Å². The summed E-state index contributed by atoms with van der Waals surface area (Å²) in [6, 6.07) is 12.4. The summed E-state index contributed by atoms with van der Waals surface area (Å²) in [6.07, 6.45) is 1.62. The Morgan fingerprint density at radius 2 is 1.45 bits per heavy atom. The highest BCUT2D eigenvalue weighted by molar-refractivity contribution is 6.48. The van der Waals surface area contributed by atoms with Crippen LogP contribution in [0.2, 0.25) is 0 Å². The molecule has 0 heterocycles. The van der Waals surface area contributed by atoms with Crippen molar-refractivity contribution in [2.24, 2.45) is 0 Å². The van der Waals surface area contributed by atoms with Crippen molar-refractivity contribution >= 4 is 35.9 Å². The summed E-state index contributed by atoms with van der Waals surface area (Å²) in [4.78, 5) is 17.6. The van der Waals surface area contributed by atoms with Crippen molar-refractivity contribution in [3.8, 4) is 0 Å². The Kier molecular flexibility index (Phi) is 8.88. The van der Waals surface area contributed by atoms with E-state index in [0.717, 1.165) is 17.4 Å². The highest BCUT2D eigenvalue weighted by Gasteiger charge is 2.16. The van der Waals surface area contributed by atoms with Gasteiger partial charge in [0, 0.05) is 6.42 Å². The van der Waals surface area contributed by atoms with Crippen molar-refractivity contribution in [3.05, 3.63) is 70.0 Å². The van der Waals surface area contributed by atoms with Gasteiger partial charge in [-0.05, 0) is 73.7 Å². The second-order valence-corrected chi connectivity index (χ2v) is 10.1. The van der Waals surface area contributed by atoms with E-state index in [-0.39, 0.29) is 0 Å². The molecule has 0 saturated carbocycles. The maximum atomic E-state index is 12.5. The molecular weight excluding hydrogens is 396 g/mol. The van der Waals surface area contributed by atoms with Gasteiger partial charge < -0.3 is 9.31 Å². The molecule has 0 atom stereocenters. The molecule has 6 heteroatoms. The van der Waals surface area contributed by atoms with Gasteiger partial charge in [0.1, 0.15) is 0 Å². The van der Waals surface area contributed by atoms with E-state index in [1.165, 1.54) is 27.4 Å². The predicted molar refractivity (Wildman–Crippen MR) is 124 cm³/mol. The monoisotopic (exact) mass is 428 g/mol. The van der Waals surface area contributed by atoms with Gasteiger partial charge in [-0.25, -0.2) is 9.37 Å². The minimum absolute atomic E-state index is 0.457. The Labute approximate surface area is 179 Å². The van der Waals surface area contributed by atoms with Crippen LogP contribution in [-0.2, 0) is 18.7 Å². The van der Waals surface area contributed by atoms with E-state index >= 15 is 0 Å². The van der Waals surface area contributed by atoms with E-state index in [2.05, 4.69) is 58.9 Å². The van der Waals surface area contributed by atoms with E-state index in [1.807, 2.05) is 12.1 Å². The van der Waals surface area contributed by atoms with E-state index in [9.17, 15) is 4.79 Å². The number of hydrogen-bond donors (Lipinski definition) is 0. The molecule has 0 spiro atoms. The Morgan fingerprint density at radius 3 is 2.00 bits per heavy atom. The van der Waals surface area contributed by atoms with Gasteiger partial charge in [-0.3, -0.25) is 0 Å². The van der Waals surface area contributed by atoms with E-state index in [4.69, 9.17) is 13.9 Å². The lowest BCUT2D eigenvalue weighted by Gasteiger charge is -2.15. The summed E-state index contributed by atoms with van der Waals surface area (Å²) >= 11 is 0. The fraction of sp³-hybridized carbons (Fsp3) is 0.348. The van der Waals surface area contributed by atoms with Crippen molar-refractivity contribution in [3.63, 3.8) is 0 Å². The molecule has 0 aromatic heterocycles. The van der Waals surface area contributed by atoms with Crippen LogP contribution in [0, 0.1) is 27.7 Å². The number of aryl methyl sites for hydroxylation is 2. The smallest absolute Gasteiger partial charge is 0.370 e. The minimum atomic E-state index is -1.13. The molecule has 0 fully saturated rings. The minimum Gasteiger partial charge on any atom is -0.547 e. The van der Waals surface area contributed by atoms with Crippen LogP contribution in [0.5, 0.6) is 0 Å². The number of rotatable bonds is 9. The molecule has 2 aromatic carbocycles. The van der Waals surface area contributed by atoms with E-state index in [0.29, 0.717) is 12.0 Å². The lowest BCUT2D eigenvalue weighted by molar-refractivity contribution is -0.208. The maximum Gasteiger partial charge on any atom is 0.370 e. The Bertz CT molecular complexity index is 890. The third kappa shape index (κ3) is 6.42. The van der Waals surface area contributed by atoms with Crippen molar-refractivity contribution in [2.75, 3.05) is 0 Å². The van der Waals surface area contributed by atoms with Crippen LogP contribution in [0.1, 0.15) is 48.9 Å². The average molecular weight is 429 g/mol. The number of hydrogen-bond acceptors (Lipinski definition) is 4. The molecule has 0 saturated heterocycles. The van der Waals surface area contributed by atoms with Gasteiger partial charge in [0.2, 0.25) is 0 Å². The van der Waals surface area contributed by atoms with Gasteiger partial charge in [-0.2, -0.15) is 0 Å². The molecule has 0 N–H and O–H groups in total. The van der Waals surface area contributed by atoms with Crippen LogP contribution < -0.4 is 10.4 Å². The highest BCUT2D eigenvalue weighted by Crippen LogP contribution is 2.14. The summed E-state index contributed by atoms with van der Waals surface area (Å²) in [5.74, 6) is 0.267. The second kappa shape index (κ2) is 11.1. The van der Waals surface area contributed by atoms with Crippen molar-refractivity contribution < 1.29 is 18.7 Å². The summed E-state index contributed by atoms with van der Waals surface area (Å²) in [5.41, 5.74) is 5.46. The number of carbonyl (C=O) groups is 1. The van der Waals surface area contributed by atoms with Crippen LogP contribution in [0.4, 0.5) is 0 Å². The second-order valence-electron chi connectivity index (χ2n) is 7.44. The first kappa shape index (κ1) is 23.1. The lowest BCUT2D eigenvalue weighted by Crippen LogP contribution is -2.24. The molecule has 2 rings (SSSR count). The summed E-state index contributed by atoms with van der Waals surface area (Å²) in [5, 5.41) is 2.41. The van der Waals surface area contributed by atoms with Crippen LogP contribution >= 0.6 is 0 Å². The van der Waals surface area contributed by atoms with Gasteiger partial charge >= 0.3 is 5.97 Å². The first-order valence-electron chi connectivity index (χ1n) is 10.1. The number of carbonyl (C=O) groups excluding carboxylic acids is 1. The lowest BCUT2D eigenvalue weighted by atomic mass is 10.1. The molecule has 0 unspecified atom stereocenters. The standard InChI is InChI=1S/C23H32O4Si2/c1-7-10-20(26-28-21-13-8-11-15(2)17(21)4)19(6)23(24)25-27-29-22-14-9-12-16(3)18(22)5/h8-9,11-14H,7,10,28-29H2,1-6H3. The van der Waals surface area contributed by atoms with Crippen molar-refractivity contribution in [1.82, 2.24) is 0 Å². The molecule has 0 aliphatic heterocycles. The zero-order valence-electron chi connectivity index (χ0n) is 18.4. The summed E-state index contributed by atoms with van der Waals surface area (Å²) in [7, 11) is -2.11. The largest absolute Gasteiger partial charge is 0.547 e. The molecule has 29 heavy (non-hydrogen) atoms. The first-order valence-corrected chi connectivity index (χ1v) is 12.7. The molecule has 2 aromatic rings. The number of allylic oxidation sites excluding steroid dienone is 1. The maximum absolute atomic E-state index is 12.5. The summed E-state index contributed by atoms with van der Waals surface area (Å²) in [6.45, 7) is 12.2. The predicted octanol–water partition coefficient (Wildman–Crippen LogP) is 2.60. The molecule has 0 radical (unpaired) electrons. The average Bonchev–Trinajstić information content (AvgIpc) is 2.70. The highest BCUT2D eigenvalue weighted by atomic mass is 28.2. The van der Waals surface area contributed by atoms with Crippen LogP contribution in [0.3, 0.4) is 0 Å². The first-order chi connectivity index (χ1) is 13.8. The zero-order valence-corrected chi connectivity index (χ0v) is 21.3. The van der Waals surface area contributed by atoms with Crippen LogP contribution in [0.25, 0.3) is 0 Å². The third-order valence-electron chi connectivity index (χ3n) is 5.39. The molecule has 0 aliphatic rings. The van der Waals surface area contributed by atoms with Crippen LogP contribution in [0.15, 0.2) is 47.7 Å². The molecule has 0 amide bonds. The Morgan fingerprint density at radius 1 is 0.897 bits per heavy atom. The normalized spacial score (nSPS) is 12.6. The fourth-order valence-corrected chi connectivity index (χ4v) is 5.46. The number of benzene rings is 2. The Hall–Kier alpha value is -2.16. The zero-order chi connectivity index (χ0) is 21.4. The SMILES string of the molecule is CCCC(O[SiH2]c1cccc(C)c1C)=C(C)C(=O)OO[SiH2]c1cccc(C)c1C.